The first-order chi connectivity index (χ1) is 9.19. The molecule has 0 fully saturated rings. The van der Waals surface area contributed by atoms with Crippen molar-refractivity contribution in [1.29, 1.82) is 0 Å². The first kappa shape index (κ1) is 14.2. The Morgan fingerprint density at radius 3 is 2.84 bits per heavy atom. The number of nitrogens with zero attached hydrogens (tertiary/aromatic N) is 3. The van der Waals surface area contributed by atoms with Crippen LogP contribution in [-0.2, 0) is 19.9 Å². The van der Waals surface area contributed by atoms with E-state index in [1.165, 1.54) is 5.01 Å². The fourth-order valence-electron chi connectivity index (χ4n) is 2.09. The molecule has 5 heteroatoms. The first-order valence-corrected chi connectivity index (χ1v) is 7.67. The van der Waals surface area contributed by atoms with E-state index in [1.807, 2.05) is 26.4 Å². The van der Waals surface area contributed by atoms with E-state index in [1.54, 1.807) is 11.3 Å². The normalized spacial score (nSPS) is 12.8. The molecule has 1 unspecified atom stereocenters. The number of hydrogen-bond acceptors (Lipinski definition) is 4. The number of aryl methyl sites for hydroxylation is 2. The lowest BCUT2D eigenvalue weighted by molar-refractivity contribution is 0.489. The first-order valence-electron chi connectivity index (χ1n) is 6.79. The zero-order valence-electron chi connectivity index (χ0n) is 11.9. The Kier molecular flexibility index (Phi) is 5.10. The van der Waals surface area contributed by atoms with Crippen LogP contribution in [0.3, 0.4) is 0 Å². The molecule has 1 atom stereocenters. The SMILES string of the molecule is CCCNC(Cc1nc(C)cs1)Cc1nccn1C. The van der Waals surface area contributed by atoms with Gasteiger partial charge in [0.15, 0.2) is 0 Å². The molecule has 2 aromatic heterocycles. The topological polar surface area (TPSA) is 42.7 Å². The van der Waals surface area contributed by atoms with Gasteiger partial charge in [-0.05, 0) is 19.9 Å². The Hall–Kier alpha value is -1.20. The van der Waals surface area contributed by atoms with E-state index < -0.39 is 0 Å². The van der Waals surface area contributed by atoms with Crippen LogP contribution in [0.5, 0.6) is 0 Å². The second kappa shape index (κ2) is 6.82. The van der Waals surface area contributed by atoms with Crippen LogP contribution in [0.1, 0.15) is 29.9 Å². The van der Waals surface area contributed by atoms with Crippen molar-refractivity contribution in [2.45, 2.75) is 39.2 Å². The maximum atomic E-state index is 4.56. The number of nitrogens with one attached hydrogen (secondary N) is 1. The predicted octanol–water partition coefficient (Wildman–Crippen LogP) is 2.34. The monoisotopic (exact) mass is 278 g/mol. The third-order valence-corrected chi connectivity index (χ3v) is 4.11. The summed E-state index contributed by atoms with van der Waals surface area (Å²) >= 11 is 1.75. The highest BCUT2D eigenvalue weighted by atomic mass is 32.1. The lowest BCUT2D eigenvalue weighted by Gasteiger charge is -2.17. The van der Waals surface area contributed by atoms with Gasteiger partial charge in [-0.2, -0.15) is 0 Å². The van der Waals surface area contributed by atoms with E-state index in [0.29, 0.717) is 6.04 Å². The summed E-state index contributed by atoms with van der Waals surface area (Å²) in [6.45, 7) is 5.28. The van der Waals surface area contributed by atoms with Gasteiger partial charge in [-0.15, -0.1) is 11.3 Å². The summed E-state index contributed by atoms with van der Waals surface area (Å²) in [5, 5.41) is 6.93. The van der Waals surface area contributed by atoms with Gasteiger partial charge in [-0.25, -0.2) is 9.97 Å². The molecule has 0 aromatic carbocycles. The van der Waals surface area contributed by atoms with Crippen LogP contribution in [0.25, 0.3) is 0 Å². The van der Waals surface area contributed by atoms with Gasteiger partial charge in [0.1, 0.15) is 5.82 Å². The van der Waals surface area contributed by atoms with E-state index in [9.17, 15) is 0 Å². The largest absolute Gasteiger partial charge is 0.338 e. The Balaban J connectivity index is 2.01. The zero-order valence-corrected chi connectivity index (χ0v) is 12.7. The Labute approximate surface area is 118 Å². The zero-order chi connectivity index (χ0) is 13.7. The molecular formula is C14H22N4S. The van der Waals surface area contributed by atoms with Gasteiger partial charge in [0.2, 0.25) is 0 Å². The van der Waals surface area contributed by atoms with Gasteiger partial charge < -0.3 is 9.88 Å². The number of hydrogen-bond donors (Lipinski definition) is 1. The number of imidazole rings is 1. The molecule has 1 N–H and O–H groups in total. The summed E-state index contributed by atoms with van der Waals surface area (Å²) < 4.78 is 2.09. The highest BCUT2D eigenvalue weighted by Crippen LogP contribution is 2.13. The molecule has 0 aliphatic rings. The minimum atomic E-state index is 0.409. The average molecular weight is 278 g/mol. The van der Waals surface area contributed by atoms with Crippen molar-refractivity contribution in [3.63, 3.8) is 0 Å². The highest BCUT2D eigenvalue weighted by molar-refractivity contribution is 7.09. The molecule has 2 heterocycles. The summed E-state index contributed by atoms with van der Waals surface area (Å²) in [6.07, 6.45) is 6.93. The van der Waals surface area contributed by atoms with Gasteiger partial charge in [0, 0.05) is 49.4 Å². The number of aromatic nitrogens is 3. The average Bonchev–Trinajstić information content (AvgIpc) is 2.96. The quantitative estimate of drug-likeness (QED) is 0.845. The van der Waals surface area contributed by atoms with E-state index in [0.717, 1.165) is 37.3 Å². The molecule has 0 bridgehead atoms. The van der Waals surface area contributed by atoms with Gasteiger partial charge in [0.25, 0.3) is 0 Å². The van der Waals surface area contributed by atoms with Crippen molar-refractivity contribution >= 4 is 11.3 Å². The van der Waals surface area contributed by atoms with Gasteiger partial charge >= 0.3 is 0 Å². The summed E-state index contributed by atoms with van der Waals surface area (Å²) in [5.41, 5.74) is 1.12. The van der Waals surface area contributed by atoms with Crippen LogP contribution in [0.4, 0.5) is 0 Å². The maximum absolute atomic E-state index is 4.56. The number of thiazole rings is 1. The van der Waals surface area contributed by atoms with Gasteiger partial charge in [-0.3, -0.25) is 0 Å². The van der Waals surface area contributed by atoms with E-state index in [2.05, 4.69) is 32.2 Å². The molecule has 0 saturated heterocycles. The van der Waals surface area contributed by atoms with Crippen molar-refractivity contribution in [3.05, 3.63) is 34.3 Å². The maximum Gasteiger partial charge on any atom is 0.109 e. The summed E-state index contributed by atoms with van der Waals surface area (Å²) in [5.74, 6) is 1.13. The second-order valence-corrected chi connectivity index (χ2v) is 5.84. The number of rotatable bonds is 7. The molecule has 104 valence electrons. The van der Waals surface area contributed by atoms with Gasteiger partial charge in [-0.1, -0.05) is 6.92 Å². The molecule has 0 spiro atoms. The molecule has 0 aliphatic carbocycles. The van der Waals surface area contributed by atoms with Crippen LogP contribution in [0.15, 0.2) is 17.8 Å². The lowest BCUT2D eigenvalue weighted by Crippen LogP contribution is -2.34. The van der Waals surface area contributed by atoms with E-state index in [-0.39, 0.29) is 0 Å². The van der Waals surface area contributed by atoms with Crippen molar-refractivity contribution in [2.24, 2.45) is 7.05 Å². The van der Waals surface area contributed by atoms with Crippen LogP contribution in [-0.4, -0.2) is 27.1 Å². The van der Waals surface area contributed by atoms with E-state index >= 15 is 0 Å². The molecule has 2 aromatic rings. The molecule has 0 amide bonds. The van der Waals surface area contributed by atoms with Crippen LogP contribution in [0.2, 0.25) is 0 Å². The van der Waals surface area contributed by atoms with Crippen molar-refractivity contribution in [3.8, 4) is 0 Å². The molecule has 0 aliphatic heterocycles. The van der Waals surface area contributed by atoms with Crippen LogP contribution in [0, 0.1) is 6.92 Å². The van der Waals surface area contributed by atoms with Crippen molar-refractivity contribution in [2.75, 3.05) is 6.54 Å². The summed E-state index contributed by atoms with van der Waals surface area (Å²) in [4.78, 5) is 8.98. The highest BCUT2D eigenvalue weighted by Gasteiger charge is 2.14. The summed E-state index contributed by atoms with van der Waals surface area (Å²) in [6, 6.07) is 0.409. The minimum absolute atomic E-state index is 0.409. The minimum Gasteiger partial charge on any atom is -0.338 e. The second-order valence-electron chi connectivity index (χ2n) is 4.90. The summed E-state index contributed by atoms with van der Waals surface area (Å²) in [7, 11) is 2.05. The fraction of sp³-hybridized carbons (Fsp3) is 0.571. The molecular weight excluding hydrogens is 256 g/mol. The third kappa shape index (κ3) is 4.14. The smallest absolute Gasteiger partial charge is 0.109 e. The molecule has 0 radical (unpaired) electrons. The van der Waals surface area contributed by atoms with Crippen LogP contribution >= 0.6 is 11.3 Å². The van der Waals surface area contributed by atoms with Crippen LogP contribution < -0.4 is 5.32 Å². The Morgan fingerprint density at radius 1 is 1.42 bits per heavy atom. The molecule has 0 saturated carbocycles. The van der Waals surface area contributed by atoms with E-state index in [4.69, 9.17) is 0 Å². The fourth-order valence-corrected chi connectivity index (χ4v) is 2.94. The lowest BCUT2D eigenvalue weighted by atomic mass is 10.1. The van der Waals surface area contributed by atoms with Crippen molar-refractivity contribution in [1.82, 2.24) is 19.9 Å². The predicted molar refractivity (Wildman–Crippen MR) is 79.5 cm³/mol. The molecule has 4 nitrogen and oxygen atoms in total. The third-order valence-electron chi connectivity index (χ3n) is 3.12. The Morgan fingerprint density at radius 2 is 2.26 bits per heavy atom. The van der Waals surface area contributed by atoms with Crippen molar-refractivity contribution < 1.29 is 0 Å². The standard InChI is InChI=1S/C14H22N4S/c1-4-5-15-12(8-13-16-6-7-18(13)3)9-14-17-11(2)10-19-14/h6-7,10,12,15H,4-5,8-9H2,1-3H3. The molecule has 19 heavy (non-hydrogen) atoms. The van der Waals surface area contributed by atoms with Gasteiger partial charge in [0.05, 0.1) is 5.01 Å². The Bertz CT molecular complexity index is 503. The molecule has 2 rings (SSSR count).